The number of halogens is 2. The summed E-state index contributed by atoms with van der Waals surface area (Å²) in [7, 11) is 0. The molecule has 0 aliphatic heterocycles. The number of hydrogen-bond donors (Lipinski definition) is 3. The van der Waals surface area contributed by atoms with Crippen LogP contribution in [0.15, 0.2) is 12.1 Å². The maximum absolute atomic E-state index is 13.2. The lowest BCUT2D eigenvalue weighted by Gasteiger charge is -2.11. The Morgan fingerprint density at radius 3 is 2.47 bits per heavy atom. The van der Waals surface area contributed by atoms with Gasteiger partial charge >= 0.3 is 5.97 Å². The van der Waals surface area contributed by atoms with Crippen molar-refractivity contribution in [1.82, 2.24) is 0 Å². The summed E-state index contributed by atoms with van der Waals surface area (Å²) >= 11 is 0. The van der Waals surface area contributed by atoms with Crippen molar-refractivity contribution in [3.05, 3.63) is 29.3 Å². The minimum atomic E-state index is -1.35. The van der Waals surface area contributed by atoms with Gasteiger partial charge in [-0.2, -0.15) is 0 Å². The molecule has 4 N–H and O–H groups in total. The Morgan fingerprint density at radius 2 is 2.00 bits per heavy atom. The lowest BCUT2D eigenvalue weighted by atomic mass is 9.98. The van der Waals surface area contributed by atoms with Gasteiger partial charge in [0.05, 0.1) is 5.92 Å². The molecule has 0 radical (unpaired) electrons. The van der Waals surface area contributed by atoms with Crippen molar-refractivity contribution in [2.45, 2.75) is 5.92 Å². The van der Waals surface area contributed by atoms with Crippen molar-refractivity contribution in [2.75, 3.05) is 6.54 Å². The summed E-state index contributed by atoms with van der Waals surface area (Å²) in [6.45, 7) is -0.351. The molecule has 1 atom stereocenters. The molecule has 0 aliphatic carbocycles. The third-order valence-corrected chi connectivity index (χ3v) is 1.98. The first-order valence-electron chi connectivity index (χ1n) is 4.08. The van der Waals surface area contributed by atoms with E-state index in [9.17, 15) is 13.6 Å². The van der Waals surface area contributed by atoms with Gasteiger partial charge in [-0.15, -0.1) is 0 Å². The van der Waals surface area contributed by atoms with E-state index in [-0.39, 0.29) is 12.1 Å². The van der Waals surface area contributed by atoms with E-state index in [1.807, 2.05) is 0 Å². The Labute approximate surface area is 83.9 Å². The van der Waals surface area contributed by atoms with E-state index in [2.05, 4.69) is 0 Å². The number of carboxylic acid groups (broad SMARTS) is 1. The number of benzene rings is 1. The van der Waals surface area contributed by atoms with Crippen LogP contribution < -0.4 is 5.73 Å². The SMILES string of the molecule is NCC(C(=O)O)c1cc(F)c(O)cc1F. The predicted octanol–water partition coefficient (Wildman–Crippen LogP) is 0.797. The number of carboxylic acids is 1. The fourth-order valence-electron chi connectivity index (χ4n) is 1.18. The highest BCUT2D eigenvalue weighted by Crippen LogP contribution is 2.25. The van der Waals surface area contributed by atoms with E-state index < -0.39 is 29.3 Å². The van der Waals surface area contributed by atoms with Crippen LogP contribution in [0, 0.1) is 11.6 Å². The number of rotatable bonds is 3. The third kappa shape index (κ3) is 2.21. The maximum atomic E-state index is 13.2. The summed E-state index contributed by atoms with van der Waals surface area (Å²) in [5, 5.41) is 17.5. The van der Waals surface area contributed by atoms with Gasteiger partial charge in [0.15, 0.2) is 11.6 Å². The van der Waals surface area contributed by atoms with E-state index in [0.717, 1.165) is 0 Å². The molecule has 0 spiro atoms. The van der Waals surface area contributed by atoms with Crippen molar-refractivity contribution in [3.8, 4) is 5.75 Å². The van der Waals surface area contributed by atoms with Gasteiger partial charge in [0.2, 0.25) is 0 Å². The fourth-order valence-corrected chi connectivity index (χ4v) is 1.18. The van der Waals surface area contributed by atoms with Crippen LogP contribution in [0.3, 0.4) is 0 Å². The van der Waals surface area contributed by atoms with Crippen LogP contribution in [-0.4, -0.2) is 22.7 Å². The molecular weight excluding hydrogens is 208 g/mol. The summed E-state index contributed by atoms with van der Waals surface area (Å²) in [6, 6.07) is 1.16. The van der Waals surface area contributed by atoms with Crippen molar-refractivity contribution in [2.24, 2.45) is 5.73 Å². The molecule has 0 amide bonds. The normalized spacial score (nSPS) is 12.5. The zero-order valence-corrected chi connectivity index (χ0v) is 7.58. The minimum Gasteiger partial charge on any atom is -0.505 e. The lowest BCUT2D eigenvalue weighted by Crippen LogP contribution is -2.22. The van der Waals surface area contributed by atoms with Gasteiger partial charge in [-0.05, 0) is 6.07 Å². The lowest BCUT2D eigenvalue weighted by molar-refractivity contribution is -0.138. The van der Waals surface area contributed by atoms with E-state index >= 15 is 0 Å². The number of aromatic hydroxyl groups is 1. The van der Waals surface area contributed by atoms with Gasteiger partial charge in [0.1, 0.15) is 5.82 Å². The number of hydrogen-bond acceptors (Lipinski definition) is 3. The molecule has 0 saturated carbocycles. The van der Waals surface area contributed by atoms with Gasteiger partial charge in [-0.1, -0.05) is 0 Å². The second kappa shape index (κ2) is 4.22. The summed E-state index contributed by atoms with van der Waals surface area (Å²) in [4.78, 5) is 10.6. The van der Waals surface area contributed by atoms with Crippen LogP contribution in [0.2, 0.25) is 0 Å². The maximum Gasteiger partial charge on any atom is 0.312 e. The highest BCUT2D eigenvalue weighted by atomic mass is 19.1. The number of phenolic OH excluding ortho intramolecular Hbond substituents is 1. The Bertz CT molecular complexity index is 395. The molecule has 1 rings (SSSR count). The average molecular weight is 217 g/mol. The third-order valence-electron chi connectivity index (χ3n) is 1.98. The Kier molecular flexibility index (Phi) is 3.21. The molecule has 15 heavy (non-hydrogen) atoms. The summed E-state index contributed by atoms with van der Waals surface area (Å²) in [5.74, 6) is -5.60. The van der Waals surface area contributed by atoms with Gasteiger partial charge in [0, 0.05) is 18.2 Å². The molecule has 82 valence electrons. The standard InChI is InChI=1S/C9H9F2NO3/c10-6-2-8(13)7(11)1-4(6)5(3-12)9(14)15/h1-2,5,13H,3,12H2,(H,14,15). The first-order chi connectivity index (χ1) is 6.97. The molecule has 0 aromatic heterocycles. The highest BCUT2D eigenvalue weighted by molar-refractivity contribution is 5.76. The van der Waals surface area contributed by atoms with Crippen LogP contribution in [-0.2, 0) is 4.79 Å². The van der Waals surface area contributed by atoms with E-state index in [1.54, 1.807) is 0 Å². The van der Waals surface area contributed by atoms with Gasteiger partial charge in [-0.25, -0.2) is 8.78 Å². The quantitative estimate of drug-likeness (QED) is 0.699. The van der Waals surface area contributed by atoms with Crippen LogP contribution in [0.4, 0.5) is 8.78 Å². The van der Waals surface area contributed by atoms with Gasteiger partial charge < -0.3 is 15.9 Å². The fraction of sp³-hybridized carbons (Fsp3) is 0.222. The Hall–Kier alpha value is -1.69. The molecule has 0 bridgehead atoms. The first kappa shape index (κ1) is 11.4. The molecule has 0 aliphatic rings. The monoisotopic (exact) mass is 217 g/mol. The van der Waals surface area contributed by atoms with Crippen LogP contribution in [0.1, 0.15) is 11.5 Å². The predicted molar refractivity (Wildman–Crippen MR) is 47.5 cm³/mol. The number of phenols is 1. The van der Waals surface area contributed by atoms with Gasteiger partial charge in [-0.3, -0.25) is 4.79 Å². The summed E-state index contributed by atoms with van der Waals surface area (Å²) < 4.78 is 26.1. The summed E-state index contributed by atoms with van der Waals surface area (Å²) in [6.07, 6.45) is 0. The molecular formula is C9H9F2NO3. The zero-order valence-electron chi connectivity index (χ0n) is 7.58. The average Bonchev–Trinajstić information content (AvgIpc) is 2.14. The van der Waals surface area contributed by atoms with E-state index in [1.165, 1.54) is 0 Å². The Balaban J connectivity index is 3.24. The number of nitrogens with two attached hydrogens (primary N) is 1. The molecule has 0 saturated heterocycles. The largest absolute Gasteiger partial charge is 0.505 e. The molecule has 6 heteroatoms. The van der Waals surface area contributed by atoms with E-state index in [4.69, 9.17) is 15.9 Å². The highest BCUT2D eigenvalue weighted by Gasteiger charge is 2.23. The van der Waals surface area contributed by atoms with Crippen molar-refractivity contribution in [3.63, 3.8) is 0 Å². The van der Waals surface area contributed by atoms with Gasteiger partial charge in [0.25, 0.3) is 0 Å². The topological polar surface area (TPSA) is 83.6 Å². The second-order valence-corrected chi connectivity index (χ2v) is 2.95. The molecule has 0 heterocycles. The molecule has 1 aromatic rings. The molecule has 0 fully saturated rings. The van der Waals surface area contributed by atoms with Crippen molar-refractivity contribution < 1.29 is 23.8 Å². The second-order valence-electron chi connectivity index (χ2n) is 2.95. The first-order valence-corrected chi connectivity index (χ1v) is 4.08. The van der Waals surface area contributed by atoms with E-state index in [0.29, 0.717) is 12.1 Å². The summed E-state index contributed by atoms with van der Waals surface area (Å²) in [5.41, 5.74) is 4.76. The minimum absolute atomic E-state index is 0.351. The zero-order chi connectivity index (χ0) is 11.6. The van der Waals surface area contributed by atoms with Crippen LogP contribution in [0.5, 0.6) is 5.75 Å². The molecule has 4 nitrogen and oxygen atoms in total. The van der Waals surface area contributed by atoms with Crippen molar-refractivity contribution in [1.29, 1.82) is 0 Å². The smallest absolute Gasteiger partial charge is 0.312 e. The molecule has 1 unspecified atom stereocenters. The number of carbonyl (C=O) groups is 1. The Morgan fingerprint density at radius 1 is 1.40 bits per heavy atom. The van der Waals surface area contributed by atoms with Crippen molar-refractivity contribution >= 4 is 5.97 Å². The molecule has 1 aromatic carbocycles. The van der Waals surface area contributed by atoms with Crippen LogP contribution >= 0.6 is 0 Å². The number of aliphatic carboxylic acids is 1. The van der Waals surface area contributed by atoms with Crippen LogP contribution in [0.25, 0.3) is 0 Å².